The smallest absolute Gasteiger partial charge is 0.335 e. The predicted molar refractivity (Wildman–Crippen MR) is 83.9 cm³/mol. The number of hydrogen-bond donors (Lipinski definition) is 2. The average molecular weight is 335 g/mol. The summed E-state index contributed by atoms with van der Waals surface area (Å²) >= 11 is 0. The zero-order chi connectivity index (χ0) is 16.6. The molecule has 1 fully saturated rings. The van der Waals surface area contributed by atoms with Crippen LogP contribution in [-0.2, 0) is 16.6 Å². The van der Waals surface area contributed by atoms with E-state index in [4.69, 9.17) is 5.11 Å². The van der Waals surface area contributed by atoms with Crippen molar-refractivity contribution in [2.75, 3.05) is 4.72 Å². The van der Waals surface area contributed by atoms with Gasteiger partial charge in [0.1, 0.15) is 0 Å². The van der Waals surface area contributed by atoms with Crippen molar-refractivity contribution in [3.63, 3.8) is 0 Å². The molecule has 8 heteroatoms. The fourth-order valence-corrected chi connectivity index (χ4v) is 3.35. The van der Waals surface area contributed by atoms with E-state index in [-0.39, 0.29) is 10.5 Å². The highest BCUT2D eigenvalue weighted by molar-refractivity contribution is 7.92. The number of sulfonamides is 1. The summed E-state index contributed by atoms with van der Waals surface area (Å²) in [5, 5.41) is 13.2. The van der Waals surface area contributed by atoms with Crippen LogP contribution in [0, 0.1) is 12.8 Å². The van der Waals surface area contributed by atoms with Crippen molar-refractivity contribution in [1.29, 1.82) is 0 Å². The van der Waals surface area contributed by atoms with Gasteiger partial charge in [0.05, 0.1) is 22.3 Å². The first kappa shape index (κ1) is 15.5. The zero-order valence-corrected chi connectivity index (χ0v) is 13.4. The first-order valence-electron chi connectivity index (χ1n) is 7.24. The Hall–Kier alpha value is -2.35. The molecule has 23 heavy (non-hydrogen) atoms. The third-order valence-electron chi connectivity index (χ3n) is 3.78. The topological polar surface area (TPSA) is 101 Å². The summed E-state index contributed by atoms with van der Waals surface area (Å²) in [5.74, 6) is -0.522. The van der Waals surface area contributed by atoms with Crippen molar-refractivity contribution in [1.82, 2.24) is 9.78 Å². The number of benzene rings is 1. The standard InChI is InChI=1S/C15H17N3O4S/c1-10-2-5-13(6-14(10)15(19)20)23(21,22)17-12-7-16-18(9-12)8-11-3-4-11/h2,5-7,9,11,17H,3-4,8H2,1H3,(H,19,20). The van der Waals surface area contributed by atoms with Crippen LogP contribution in [0.3, 0.4) is 0 Å². The minimum Gasteiger partial charge on any atom is -0.478 e. The van der Waals surface area contributed by atoms with Gasteiger partial charge in [-0.3, -0.25) is 9.40 Å². The van der Waals surface area contributed by atoms with Gasteiger partial charge in [-0.1, -0.05) is 6.07 Å². The molecule has 7 nitrogen and oxygen atoms in total. The van der Waals surface area contributed by atoms with Crippen LogP contribution in [0.15, 0.2) is 35.5 Å². The summed E-state index contributed by atoms with van der Waals surface area (Å²) in [6, 6.07) is 4.03. The minimum atomic E-state index is -3.85. The molecule has 0 aliphatic heterocycles. The van der Waals surface area contributed by atoms with Crippen molar-refractivity contribution in [3.8, 4) is 0 Å². The highest BCUT2D eigenvalue weighted by Gasteiger charge is 2.23. The van der Waals surface area contributed by atoms with E-state index in [0.717, 1.165) is 12.6 Å². The largest absolute Gasteiger partial charge is 0.478 e. The number of carbonyl (C=O) groups is 1. The molecule has 2 aromatic rings. The highest BCUT2D eigenvalue weighted by atomic mass is 32.2. The quantitative estimate of drug-likeness (QED) is 0.842. The van der Waals surface area contributed by atoms with Crippen molar-refractivity contribution < 1.29 is 18.3 Å². The normalized spacial score (nSPS) is 14.7. The molecule has 0 bridgehead atoms. The summed E-state index contributed by atoms with van der Waals surface area (Å²) in [6.07, 6.45) is 5.46. The summed E-state index contributed by atoms with van der Waals surface area (Å²) in [5.41, 5.74) is 0.842. The number of aryl methyl sites for hydroxylation is 1. The van der Waals surface area contributed by atoms with Crippen LogP contribution in [-0.4, -0.2) is 29.3 Å². The maximum Gasteiger partial charge on any atom is 0.335 e. The second kappa shape index (κ2) is 5.69. The first-order valence-corrected chi connectivity index (χ1v) is 8.73. The zero-order valence-electron chi connectivity index (χ0n) is 12.6. The van der Waals surface area contributed by atoms with E-state index >= 15 is 0 Å². The molecule has 0 radical (unpaired) electrons. The average Bonchev–Trinajstić information content (AvgIpc) is 3.18. The van der Waals surface area contributed by atoms with E-state index in [1.165, 1.54) is 31.2 Å². The lowest BCUT2D eigenvalue weighted by Crippen LogP contribution is -2.14. The van der Waals surface area contributed by atoms with Gasteiger partial charge in [-0.15, -0.1) is 0 Å². The fraction of sp³-hybridized carbons (Fsp3) is 0.333. The molecule has 1 aliphatic rings. The van der Waals surface area contributed by atoms with E-state index in [1.54, 1.807) is 17.8 Å². The third-order valence-corrected chi connectivity index (χ3v) is 5.16. The number of nitrogens with zero attached hydrogens (tertiary/aromatic N) is 2. The maximum absolute atomic E-state index is 12.4. The van der Waals surface area contributed by atoms with Gasteiger partial charge in [0.25, 0.3) is 10.0 Å². The molecule has 0 unspecified atom stereocenters. The molecular weight excluding hydrogens is 318 g/mol. The van der Waals surface area contributed by atoms with Crippen LogP contribution in [0.1, 0.15) is 28.8 Å². The van der Waals surface area contributed by atoms with Gasteiger partial charge in [-0.2, -0.15) is 5.10 Å². The number of rotatable bonds is 6. The Morgan fingerprint density at radius 1 is 1.43 bits per heavy atom. The van der Waals surface area contributed by atoms with Crippen molar-refractivity contribution >= 4 is 21.7 Å². The molecule has 0 saturated heterocycles. The second-order valence-corrected chi connectivity index (χ2v) is 7.46. The Kier molecular flexibility index (Phi) is 3.85. The SMILES string of the molecule is Cc1ccc(S(=O)(=O)Nc2cnn(CC3CC3)c2)cc1C(=O)O. The van der Waals surface area contributed by atoms with Gasteiger partial charge in [0.15, 0.2) is 0 Å². The number of aromatic nitrogens is 2. The molecule has 3 rings (SSSR count). The molecule has 1 aliphatic carbocycles. The van der Waals surface area contributed by atoms with Crippen LogP contribution in [0.25, 0.3) is 0 Å². The monoisotopic (exact) mass is 335 g/mol. The molecule has 1 saturated carbocycles. The van der Waals surface area contributed by atoms with Crippen LogP contribution < -0.4 is 4.72 Å². The Morgan fingerprint density at radius 3 is 2.83 bits per heavy atom. The van der Waals surface area contributed by atoms with Gasteiger partial charge < -0.3 is 5.11 Å². The highest BCUT2D eigenvalue weighted by Crippen LogP contribution is 2.30. The molecule has 0 amide bonds. The van der Waals surface area contributed by atoms with Gasteiger partial charge in [-0.05, 0) is 43.4 Å². The van der Waals surface area contributed by atoms with E-state index in [1.807, 2.05) is 0 Å². The van der Waals surface area contributed by atoms with Crippen LogP contribution in [0.4, 0.5) is 5.69 Å². The van der Waals surface area contributed by atoms with Gasteiger partial charge >= 0.3 is 5.97 Å². The molecule has 1 heterocycles. The van der Waals surface area contributed by atoms with Crippen molar-refractivity contribution in [2.24, 2.45) is 5.92 Å². The lowest BCUT2D eigenvalue weighted by Gasteiger charge is -2.08. The third kappa shape index (κ3) is 3.53. The molecule has 0 atom stereocenters. The number of anilines is 1. The van der Waals surface area contributed by atoms with Gasteiger partial charge in [0, 0.05) is 12.7 Å². The number of carboxylic acid groups (broad SMARTS) is 1. The maximum atomic E-state index is 12.4. The Bertz CT molecular complexity index is 853. The Labute approximate surface area is 134 Å². The molecule has 1 aromatic carbocycles. The van der Waals surface area contributed by atoms with Gasteiger partial charge in [0.2, 0.25) is 0 Å². The molecule has 0 spiro atoms. The second-order valence-electron chi connectivity index (χ2n) is 5.78. The first-order chi connectivity index (χ1) is 10.8. The molecule has 1 aromatic heterocycles. The molecule has 122 valence electrons. The van der Waals surface area contributed by atoms with Crippen LogP contribution >= 0.6 is 0 Å². The number of nitrogens with one attached hydrogen (secondary N) is 1. The molecule has 2 N–H and O–H groups in total. The van der Waals surface area contributed by atoms with E-state index in [0.29, 0.717) is 17.2 Å². The molecular formula is C15H17N3O4S. The van der Waals surface area contributed by atoms with E-state index in [2.05, 4.69) is 9.82 Å². The minimum absolute atomic E-state index is 0.0303. The number of hydrogen-bond acceptors (Lipinski definition) is 4. The summed E-state index contributed by atoms with van der Waals surface area (Å²) in [7, 11) is -3.85. The van der Waals surface area contributed by atoms with Crippen molar-refractivity contribution in [3.05, 3.63) is 41.7 Å². The fourth-order valence-electron chi connectivity index (χ4n) is 2.29. The predicted octanol–water partition coefficient (Wildman–Crippen LogP) is 2.10. The lowest BCUT2D eigenvalue weighted by atomic mass is 10.1. The number of carboxylic acids is 1. The summed E-state index contributed by atoms with van der Waals surface area (Å²) in [4.78, 5) is 11.1. The van der Waals surface area contributed by atoms with E-state index in [9.17, 15) is 13.2 Å². The number of aromatic carboxylic acids is 1. The van der Waals surface area contributed by atoms with Crippen LogP contribution in [0.5, 0.6) is 0 Å². The van der Waals surface area contributed by atoms with Gasteiger partial charge in [-0.25, -0.2) is 13.2 Å². The van der Waals surface area contributed by atoms with Crippen LogP contribution in [0.2, 0.25) is 0 Å². The summed E-state index contributed by atoms with van der Waals surface area (Å²) in [6.45, 7) is 2.41. The Morgan fingerprint density at radius 2 is 2.17 bits per heavy atom. The van der Waals surface area contributed by atoms with Crippen molar-refractivity contribution in [2.45, 2.75) is 31.2 Å². The summed E-state index contributed by atoms with van der Waals surface area (Å²) < 4.78 is 28.9. The van der Waals surface area contributed by atoms with E-state index < -0.39 is 16.0 Å². The lowest BCUT2D eigenvalue weighted by molar-refractivity contribution is 0.0696. The Balaban J connectivity index is 1.82.